The monoisotopic (exact) mass is 382 g/mol. The number of amides is 2. The second-order valence-electron chi connectivity index (χ2n) is 7.32. The zero-order valence-corrected chi connectivity index (χ0v) is 16.6. The lowest BCUT2D eigenvalue weighted by atomic mass is 9.87. The highest BCUT2D eigenvalue weighted by Gasteiger charge is 2.13. The smallest absolute Gasteiger partial charge is 0.255 e. The highest BCUT2D eigenvalue weighted by molar-refractivity contribution is 6.01. The van der Waals surface area contributed by atoms with Gasteiger partial charge in [0.15, 0.2) is 18.1 Å². The van der Waals surface area contributed by atoms with Crippen molar-refractivity contribution < 1.29 is 19.1 Å². The lowest BCUT2D eigenvalue weighted by Gasteiger charge is -2.19. The van der Waals surface area contributed by atoms with E-state index in [0.29, 0.717) is 11.5 Å². The molecule has 0 spiro atoms. The van der Waals surface area contributed by atoms with Crippen LogP contribution in [0, 0.1) is 0 Å². The molecule has 6 nitrogen and oxygen atoms in total. The molecule has 2 aromatic carbocycles. The maximum Gasteiger partial charge on any atom is 0.255 e. The van der Waals surface area contributed by atoms with Crippen LogP contribution < -0.4 is 20.5 Å². The van der Waals surface area contributed by atoms with Gasteiger partial charge in [-0.25, -0.2) is 0 Å². The van der Waals surface area contributed by atoms with Gasteiger partial charge >= 0.3 is 0 Å². The second kappa shape index (κ2) is 9.08. The number of nitrogens with one attached hydrogen (secondary N) is 1. The van der Waals surface area contributed by atoms with Crippen LogP contribution in [0.15, 0.2) is 48.5 Å². The zero-order valence-electron chi connectivity index (χ0n) is 16.6. The van der Waals surface area contributed by atoms with E-state index in [2.05, 4.69) is 26.1 Å². The Morgan fingerprint density at radius 1 is 1.07 bits per heavy atom. The minimum atomic E-state index is -0.571. The van der Waals surface area contributed by atoms with E-state index in [9.17, 15) is 9.59 Å². The molecule has 0 bridgehead atoms. The van der Waals surface area contributed by atoms with Crippen molar-refractivity contribution >= 4 is 23.6 Å². The average Bonchev–Trinajstić information content (AvgIpc) is 2.64. The Balaban J connectivity index is 2.02. The highest BCUT2D eigenvalue weighted by atomic mass is 16.5. The molecular weight excluding hydrogens is 356 g/mol. The number of methoxy groups -OCH3 is 1. The summed E-state index contributed by atoms with van der Waals surface area (Å²) in [4.78, 5) is 23.0. The third-order valence-electron chi connectivity index (χ3n) is 4.00. The molecule has 0 heterocycles. The molecule has 2 aromatic rings. The number of rotatable bonds is 7. The molecule has 2 rings (SSSR count). The van der Waals surface area contributed by atoms with Crippen LogP contribution in [0.25, 0.3) is 6.08 Å². The maximum absolute atomic E-state index is 12.2. The highest BCUT2D eigenvalue weighted by Crippen LogP contribution is 2.28. The fraction of sp³-hybridized carbons (Fsp3) is 0.273. The number of carbonyl (C=O) groups is 2. The summed E-state index contributed by atoms with van der Waals surface area (Å²) in [6.07, 6.45) is 3.11. The normalized spacial score (nSPS) is 11.3. The van der Waals surface area contributed by atoms with Gasteiger partial charge in [0.2, 0.25) is 5.91 Å². The van der Waals surface area contributed by atoms with E-state index in [4.69, 9.17) is 15.2 Å². The summed E-state index contributed by atoms with van der Waals surface area (Å²) in [5, 5.41) is 2.83. The van der Waals surface area contributed by atoms with Crippen LogP contribution in [0.4, 0.5) is 5.69 Å². The van der Waals surface area contributed by atoms with Gasteiger partial charge in [-0.05, 0) is 46.9 Å². The second-order valence-corrected chi connectivity index (χ2v) is 7.32. The lowest BCUT2D eigenvalue weighted by molar-refractivity contribution is -0.120. The van der Waals surface area contributed by atoms with Gasteiger partial charge in [0.1, 0.15) is 0 Å². The standard InChI is InChI=1S/C22H26N2O4/c1-22(2,3)16-7-9-17(10-8-16)24-21(26)12-6-15-5-11-18(19(13-15)27-4)28-14-20(23)25/h5-13H,14H2,1-4H3,(H2,23,25)(H,24,26)/b12-6+. The van der Waals surface area contributed by atoms with Crippen molar-refractivity contribution in [3.8, 4) is 11.5 Å². The quantitative estimate of drug-likeness (QED) is 0.717. The first-order valence-electron chi connectivity index (χ1n) is 8.88. The van der Waals surface area contributed by atoms with E-state index in [0.717, 1.165) is 11.3 Å². The van der Waals surface area contributed by atoms with Gasteiger partial charge in [-0.2, -0.15) is 0 Å². The van der Waals surface area contributed by atoms with Crippen LogP contribution in [-0.2, 0) is 15.0 Å². The Kier molecular flexibility index (Phi) is 6.82. The van der Waals surface area contributed by atoms with Crippen molar-refractivity contribution in [1.29, 1.82) is 0 Å². The molecule has 0 atom stereocenters. The number of hydrogen-bond donors (Lipinski definition) is 2. The summed E-state index contributed by atoms with van der Waals surface area (Å²) < 4.78 is 10.5. The Morgan fingerprint density at radius 3 is 2.32 bits per heavy atom. The number of benzene rings is 2. The van der Waals surface area contributed by atoms with Gasteiger partial charge in [-0.1, -0.05) is 39.0 Å². The fourth-order valence-electron chi connectivity index (χ4n) is 2.47. The number of carbonyl (C=O) groups excluding carboxylic acids is 2. The molecule has 0 saturated heterocycles. The third-order valence-corrected chi connectivity index (χ3v) is 4.00. The molecule has 148 valence electrons. The topological polar surface area (TPSA) is 90.7 Å². The fourth-order valence-corrected chi connectivity index (χ4v) is 2.47. The van der Waals surface area contributed by atoms with E-state index in [1.807, 2.05) is 24.3 Å². The largest absolute Gasteiger partial charge is 0.493 e. The third kappa shape index (κ3) is 6.16. The molecular formula is C22H26N2O4. The van der Waals surface area contributed by atoms with Crippen molar-refractivity contribution in [2.24, 2.45) is 5.73 Å². The van der Waals surface area contributed by atoms with E-state index < -0.39 is 5.91 Å². The van der Waals surface area contributed by atoms with Crippen LogP contribution in [0.2, 0.25) is 0 Å². The first kappa shape index (κ1) is 21.0. The molecule has 3 N–H and O–H groups in total. The summed E-state index contributed by atoms with van der Waals surface area (Å²) in [7, 11) is 1.49. The Bertz CT molecular complexity index is 865. The summed E-state index contributed by atoms with van der Waals surface area (Å²) in [5.41, 5.74) is 7.82. The lowest BCUT2D eigenvalue weighted by Crippen LogP contribution is -2.20. The molecule has 6 heteroatoms. The molecule has 0 radical (unpaired) electrons. The SMILES string of the molecule is COc1cc(/C=C/C(=O)Nc2ccc(C(C)(C)C)cc2)ccc1OCC(N)=O. The Labute approximate surface area is 165 Å². The molecule has 0 aromatic heterocycles. The van der Waals surface area contributed by atoms with Crippen LogP contribution in [0.5, 0.6) is 11.5 Å². The summed E-state index contributed by atoms with van der Waals surface area (Å²) in [6, 6.07) is 12.9. The molecule has 0 unspecified atom stereocenters. The molecule has 0 fully saturated rings. The van der Waals surface area contributed by atoms with Gasteiger partial charge in [-0.15, -0.1) is 0 Å². The van der Waals surface area contributed by atoms with Crippen molar-refractivity contribution in [2.45, 2.75) is 26.2 Å². The minimum absolute atomic E-state index is 0.0643. The van der Waals surface area contributed by atoms with Crippen molar-refractivity contribution in [1.82, 2.24) is 0 Å². The van der Waals surface area contributed by atoms with Gasteiger partial charge < -0.3 is 20.5 Å². The van der Waals surface area contributed by atoms with Gasteiger partial charge in [-0.3, -0.25) is 9.59 Å². The molecule has 0 saturated carbocycles. The minimum Gasteiger partial charge on any atom is -0.493 e. The van der Waals surface area contributed by atoms with Crippen molar-refractivity contribution in [3.05, 3.63) is 59.7 Å². The maximum atomic E-state index is 12.2. The summed E-state index contributed by atoms with van der Waals surface area (Å²) in [5.74, 6) is 0.0400. The number of hydrogen-bond acceptors (Lipinski definition) is 4. The predicted octanol–water partition coefficient (Wildman–Crippen LogP) is 3.51. The summed E-state index contributed by atoms with van der Waals surface area (Å²) >= 11 is 0. The Hall–Kier alpha value is -3.28. The number of ether oxygens (including phenoxy) is 2. The molecule has 0 aliphatic carbocycles. The van der Waals surface area contributed by atoms with Gasteiger partial charge in [0.25, 0.3) is 5.91 Å². The van der Waals surface area contributed by atoms with Gasteiger partial charge in [0.05, 0.1) is 7.11 Å². The average molecular weight is 382 g/mol. The number of anilines is 1. The van der Waals surface area contributed by atoms with E-state index >= 15 is 0 Å². The van der Waals surface area contributed by atoms with E-state index in [1.165, 1.54) is 18.7 Å². The van der Waals surface area contributed by atoms with Crippen molar-refractivity contribution in [2.75, 3.05) is 19.0 Å². The van der Waals surface area contributed by atoms with E-state index in [1.54, 1.807) is 24.3 Å². The predicted molar refractivity (Wildman–Crippen MR) is 110 cm³/mol. The summed E-state index contributed by atoms with van der Waals surface area (Å²) in [6.45, 7) is 6.19. The first-order chi connectivity index (χ1) is 13.2. The van der Waals surface area contributed by atoms with Crippen LogP contribution in [-0.4, -0.2) is 25.5 Å². The molecule has 0 aliphatic heterocycles. The van der Waals surface area contributed by atoms with Crippen LogP contribution in [0.3, 0.4) is 0 Å². The van der Waals surface area contributed by atoms with E-state index in [-0.39, 0.29) is 17.9 Å². The number of nitrogens with two attached hydrogens (primary N) is 1. The molecule has 2 amide bonds. The van der Waals surface area contributed by atoms with Crippen molar-refractivity contribution in [3.63, 3.8) is 0 Å². The number of primary amides is 1. The van der Waals surface area contributed by atoms with Gasteiger partial charge in [0, 0.05) is 11.8 Å². The van der Waals surface area contributed by atoms with Crippen LogP contribution in [0.1, 0.15) is 31.9 Å². The zero-order chi connectivity index (χ0) is 20.7. The molecule has 0 aliphatic rings. The first-order valence-corrected chi connectivity index (χ1v) is 8.88. The van der Waals surface area contributed by atoms with Crippen LogP contribution >= 0.6 is 0 Å². The Morgan fingerprint density at radius 2 is 1.75 bits per heavy atom. The molecule has 28 heavy (non-hydrogen) atoms.